The predicted octanol–water partition coefficient (Wildman–Crippen LogP) is -0.669. The molecular formula is C7H16N2O3S. The van der Waals surface area contributed by atoms with E-state index in [4.69, 9.17) is 10.2 Å². The molecule has 4 N–H and O–H groups in total. The zero-order chi connectivity index (χ0) is 9.90. The third-order valence-electron chi connectivity index (χ3n) is 2.37. The molecule has 0 saturated heterocycles. The molecule has 13 heavy (non-hydrogen) atoms. The summed E-state index contributed by atoms with van der Waals surface area (Å²) in [6.45, 7) is 0.128. The Kier molecular flexibility index (Phi) is 3.66. The number of hydrogen-bond donors (Lipinski definition) is 3. The summed E-state index contributed by atoms with van der Waals surface area (Å²) in [4.78, 5) is 0. The molecule has 0 heterocycles. The largest absolute Gasteiger partial charge is 0.396 e. The predicted molar refractivity (Wildman–Crippen MR) is 49.1 cm³/mol. The lowest BCUT2D eigenvalue weighted by molar-refractivity contribution is 0.177. The van der Waals surface area contributed by atoms with Crippen molar-refractivity contribution in [1.29, 1.82) is 0 Å². The van der Waals surface area contributed by atoms with E-state index in [0.29, 0.717) is 6.42 Å². The van der Waals surface area contributed by atoms with Gasteiger partial charge in [0.15, 0.2) is 0 Å². The minimum atomic E-state index is -3.59. The summed E-state index contributed by atoms with van der Waals surface area (Å²) in [5.74, 6) is 0.216. The van der Waals surface area contributed by atoms with Crippen LogP contribution in [0.15, 0.2) is 0 Å². The van der Waals surface area contributed by atoms with Gasteiger partial charge in [0.05, 0.1) is 0 Å². The molecule has 0 radical (unpaired) electrons. The zero-order valence-electron chi connectivity index (χ0n) is 7.44. The van der Waals surface area contributed by atoms with Gasteiger partial charge < -0.3 is 5.11 Å². The van der Waals surface area contributed by atoms with Gasteiger partial charge in [-0.1, -0.05) is 6.42 Å². The smallest absolute Gasteiger partial charge is 0.274 e. The molecule has 0 aromatic rings. The molecule has 0 bridgehead atoms. The summed E-state index contributed by atoms with van der Waals surface area (Å²) in [7, 11) is -3.59. The van der Waals surface area contributed by atoms with Gasteiger partial charge in [0.2, 0.25) is 0 Å². The molecule has 0 aromatic heterocycles. The molecule has 0 amide bonds. The Bertz CT molecular complexity index is 252. The molecule has 6 heteroatoms. The van der Waals surface area contributed by atoms with E-state index in [2.05, 4.69) is 4.72 Å². The van der Waals surface area contributed by atoms with Crippen molar-refractivity contribution in [3.63, 3.8) is 0 Å². The van der Waals surface area contributed by atoms with Crippen LogP contribution in [0.1, 0.15) is 25.7 Å². The van der Waals surface area contributed by atoms with Gasteiger partial charge in [-0.25, -0.2) is 5.14 Å². The molecule has 2 atom stereocenters. The Morgan fingerprint density at radius 2 is 2.15 bits per heavy atom. The molecule has 1 rings (SSSR count). The summed E-state index contributed by atoms with van der Waals surface area (Å²) in [6.07, 6.45) is 3.41. The Labute approximate surface area is 78.5 Å². The summed E-state index contributed by atoms with van der Waals surface area (Å²) in [5.41, 5.74) is 0. The van der Waals surface area contributed by atoms with Crippen molar-refractivity contribution in [2.75, 3.05) is 6.61 Å². The van der Waals surface area contributed by atoms with Gasteiger partial charge in [0.25, 0.3) is 10.2 Å². The van der Waals surface area contributed by atoms with Gasteiger partial charge in [0.1, 0.15) is 0 Å². The normalized spacial score (nSPS) is 30.3. The SMILES string of the molecule is NS(=O)(=O)NC1CCCC(CO)C1. The monoisotopic (exact) mass is 208 g/mol. The molecule has 2 unspecified atom stereocenters. The quantitative estimate of drug-likeness (QED) is 0.574. The lowest BCUT2D eigenvalue weighted by Gasteiger charge is -2.27. The summed E-state index contributed by atoms with van der Waals surface area (Å²) < 4.78 is 23.8. The highest BCUT2D eigenvalue weighted by Crippen LogP contribution is 2.23. The van der Waals surface area contributed by atoms with Crippen LogP contribution in [0.25, 0.3) is 0 Å². The van der Waals surface area contributed by atoms with E-state index in [1.807, 2.05) is 0 Å². The minimum Gasteiger partial charge on any atom is -0.396 e. The highest BCUT2D eigenvalue weighted by molar-refractivity contribution is 7.87. The van der Waals surface area contributed by atoms with E-state index in [-0.39, 0.29) is 18.6 Å². The first-order valence-electron chi connectivity index (χ1n) is 4.42. The van der Waals surface area contributed by atoms with Crippen molar-refractivity contribution in [2.24, 2.45) is 11.1 Å². The van der Waals surface area contributed by atoms with Crippen molar-refractivity contribution in [2.45, 2.75) is 31.7 Å². The first kappa shape index (κ1) is 10.9. The third kappa shape index (κ3) is 4.04. The second-order valence-corrected chi connectivity index (χ2v) is 4.90. The Morgan fingerprint density at radius 3 is 2.69 bits per heavy atom. The highest BCUT2D eigenvalue weighted by atomic mass is 32.2. The second-order valence-electron chi connectivity index (χ2n) is 3.57. The topological polar surface area (TPSA) is 92.4 Å². The van der Waals surface area contributed by atoms with Crippen LogP contribution in [0.2, 0.25) is 0 Å². The maximum atomic E-state index is 10.7. The molecule has 1 fully saturated rings. The van der Waals surface area contributed by atoms with E-state index in [1.54, 1.807) is 0 Å². The van der Waals surface area contributed by atoms with Crippen LogP contribution in [-0.4, -0.2) is 26.2 Å². The molecule has 0 aliphatic heterocycles. The van der Waals surface area contributed by atoms with Crippen LogP contribution < -0.4 is 9.86 Å². The van der Waals surface area contributed by atoms with Crippen LogP contribution in [-0.2, 0) is 10.2 Å². The number of rotatable bonds is 3. The minimum absolute atomic E-state index is 0.0964. The second kappa shape index (κ2) is 4.36. The molecular weight excluding hydrogens is 192 g/mol. The van der Waals surface area contributed by atoms with Crippen LogP contribution in [0.3, 0.4) is 0 Å². The fourth-order valence-corrected chi connectivity index (χ4v) is 2.47. The molecule has 5 nitrogen and oxygen atoms in total. The van der Waals surface area contributed by atoms with Crippen molar-refractivity contribution in [1.82, 2.24) is 4.72 Å². The Hall–Kier alpha value is -0.170. The summed E-state index contributed by atoms with van der Waals surface area (Å²) >= 11 is 0. The number of nitrogens with two attached hydrogens (primary N) is 1. The summed E-state index contributed by atoms with van der Waals surface area (Å²) in [6, 6.07) is -0.0964. The van der Waals surface area contributed by atoms with Gasteiger partial charge in [-0.3, -0.25) is 0 Å². The zero-order valence-corrected chi connectivity index (χ0v) is 8.26. The van der Waals surface area contributed by atoms with E-state index in [1.165, 1.54) is 0 Å². The average molecular weight is 208 g/mol. The Morgan fingerprint density at radius 1 is 1.46 bits per heavy atom. The summed E-state index contributed by atoms with van der Waals surface area (Å²) in [5, 5.41) is 13.8. The molecule has 0 aromatic carbocycles. The molecule has 1 saturated carbocycles. The van der Waals surface area contributed by atoms with Gasteiger partial charge >= 0.3 is 0 Å². The van der Waals surface area contributed by atoms with Crippen molar-refractivity contribution < 1.29 is 13.5 Å². The number of nitrogens with one attached hydrogen (secondary N) is 1. The highest BCUT2D eigenvalue weighted by Gasteiger charge is 2.23. The van der Waals surface area contributed by atoms with E-state index in [9.17, 15) is 8.42 Å². The maximum Gasteiger partial charge on any atom is 0.274 e. The van der Waals surface area contributed by atoms with Gasteiger partial charge in [-0.05, 0) is 25.2 Å². The fraction of sp³-hybridized carbons (Fsp3) is 1.00. The van der Waals surface area contributed by atoms with Gasteiger partial charge in [-0.2, -0.15) is 13.1 Å². The van der Waals surface area contributed by atoms with Crippen LogP contribution in [0.5, 0.6) is 0 Å². The van der Waals surface area contributed by atoms with Gasteiger partial charge in [0, 0.05) is 12.6 Å². The van der Waals surface area contributed by atoms with Gasteiger partial charge in [-0.15, -0.1) is 0 Å². The van der Waals surface area contributed by atoms with E-state index in [0.717, 1.165) is 19.3 Å². The van der Waals surface area contributed by atoms with Crippen molar-refractivity contribution >= 4 is 10.2 Å². The third-order valence-corrected chi connectivity index (χ3v) is 3.03. The lowest BCUT2D eigenvalue weighted by Crippen LogP contribution is -2.42. The van der Waals surface area contributed by atoms with Crippen LogP contribution >= 0.6 is 0 Å². The number of hydrogen-bond acceptors (Lipinski definition) is 3. The van der Waals surface area contributed by atoms with Crippen molar-refractivity contribution in [3.05, 3.63) is 0 Å². The Balaban J connectivity index is 2.43. The standard InChI is InChI=1S/C7H16N2O3S/c8-13(11,12)9-7-3-1-2-6(4-7)5-10/h6-7,9-10H,1-5H2,(H2,8,11,12). The molecule has 1 aliphatic carbocycles. The fourth-order valence-electron chi connectivity index (χ4n) is 1.80. The first-order valence-corrected chi connectivity index (χ1v) is 5.97. The number of aliphatic hydroxyl groups is 1. The van der Waals surface area contributed by atoms with Crippen LogP contribution in [0.4, 0.5) is 0 Å². The first-order chi connectivity index (χ1) is 6.01. The molecule has 78 valence electrons. The molecule has 0 spiro atoms. The number of aliphatic hydroxyl groups excluding tert-OH is 1. The van der Waals surface area contributed by atoms with Crippen molar-refractivity contribution in [3.8, 4) is 0 Å². The molecule has 1 aliphatic rings. The van der Waals surface area contributed by atoms with E-state index >= 15 is 0 Å². The lowest BCUT2D eigenvalue weighted by atomic mass is 9.87. The maximum absolute atomic E-state index is 10.7. The average Bonchev–Trinajstić information content (AvgIpc) is 2.01. The van der Waals surface area contributed by atoms with Crippen LogP contribution in [0, 0.1) is 5.92 Å². The van der Waals surface area contributed by atoms with E-state index < -0.39 is 10.2 Å².